The summed E-state index contributed by atoms with van der Waals surface area (Å²) in [5.74, 6) is 2.29. The monoisotopic (exact) mass is 615 g/mol. The summed E-state index contributed by atoms with van der Waals surface area (Å²) in [6.45, 7) is 2.63. The van der Waals surface area contributed by atoms with Crippen LogP contribution in [0.3, 0.4) is 0 Å². The van der Waals surface area contributed by atoms with Gasteiger partial charge in [-0.25, -0.2) is 15.0 Å². The number of thiophene rings is 1. The Balaban J connectivity index is 1.28. The molecule has 230 valence electrons. The second-order valence-electron chi connectivity index (χ2n) is 10.7. The molecule has 3 atom stereocenters. The molecule has 0 radical (unpaired) electrons. The fraction of sp³-hybridized carbons (Fsp3) is 0.452. The Morgan fingerprint density at radius 3 is 2.44 bits per heavy atom. The van der Waals surface area contributed by atoms with Gasteiger partial charge in [-0.2, -0.15) is 13.2 Å². The van der Waals surface area contributed by atoms with Crippen LogP contribution < -0.4 is 19.7 Å². The number of methoxy groups -OCH3 is 3. The van der Waals surface area contributed by atoms with Crippen LogP contribution in [0.5, 0.6) is 11.6 Å². The molecule has 1 fully saturated rings. The smallest absolute Gasteiger partial charge is 0.393 e. The zero-order valence-electron chi connectivity index (χ0n) is 24.9. The molecule has 1 aliphatic rings. The summed E-state index contributed by atoms with van der Waals surface area (Å²) in [4.78, 5) is 16.5. The molecule has 0 aliphatic heterocycles. The first kappa shape index (κ1) is 31.0. The lowest BCUT2D eigenvalue weighted by molar-refractivity contribution is -0.126. The van der Waals surface area contributed by atoms with E-state index < -0.39 is 12.6 Å². The lowest BCUT2D eigenvalue weighted by atomic mass is 10.1. The van der Waals surface area contributed by atoms with Crippen LogP contribution in [0, 0.1) is 0 Å². The standard InChI is InChI=1S/C31H36F3N5O3S/c1-6-27-37-28(23-14-22(15-31(32,33)34)43-30(23)38-27)39(2)24-12-21(13-25(24)40-3)35-16-18-7-9-19(10-8-18)20-11-26(41-4)29(42-5)36-17-20/h7-11,14,17,21,24-25,35H,6,12-13,15-16H2,1-5H3/t21-,24+,25+/m1/s1. The Kier molecular flexibility index (Phi) is 9.38. The van der Waals surface area contributed by atoms with Gasteiger partial charge in [-0.1, -0.05) is 31.2 Å². The van der Waals surface area contributed by atoms with Crippen LogP contribution in [0.4, 0.5) is 19.0 Å². The van der Waals surface area contributed by atoms with Crippen molar-refractivity contribution in [2.24, 2.45) is 0 Å². The minimum absolute atomic E-state index is 0.00352. The third kappa shape index (κ3) is 7.02. The van der Waals surface area contributed by atoms with Crippen molar-refractivity contribution in [3.05, 3.63) is 58.9 Å². The number of nitrogens with zero attached hydrogens (tertiary/aromatic N) is 4. The van der Waals surface area contributed by atoms with Crippen molar-refractivity contribution >= 4 is 27.4 Å². The Hall–Kier alpha value is -3.48. The van der Waals surface area contributed by atoms with E-state index in [1.54, 1.807) is 33.6 Å². The molecule has 1 aromatic carbocycles. The molecule has 0 saturated heterocycles. The SMILES string of the molecule is CCc1nc(N(C)[C@H]2C[C@@H](NCc3ccc(-c4cnc(OC)c(OC)c4)cc3)C[C@@H]2OC)c2cc(CC(F)(F)F)sc2n1. The van der Waals surface area contributed by atoms with Crippen molar-refractivity contribution in [3.8, 4) is 22.8 Å². The summed E-state index contributed by atoms with van der Waals surface area (Å²) < 4.78 is 55.9. The molecule has 12 heteroatoms. The molecule has 1 N–H and O–H groups in total. The zero-order valence-corrected chi connectivity index (χ0v) is 25.7. The van der Waals surface area contributed by atoms with E-state index in [0.29, 0.717) is 46.5 Å². The highest BCUT2D eigenvalue weighted by atomic mass is 32.1. The Morgan fingerprint density at radius 1 is 1.02 bits per heavy atom. The highest BCUT2D eigenvalue weighted by Gasteiger charge is 2.38. The number of hydrogen-bond donors (Lipinski definition) is 1. The third-order valence-corrected chi connectivity index (χ3v) is 8.91. The van der Waals surface area contributed by atoms with Crippen LogP contribution in [0.2, 0.25) is 0 Å². The molecule has 3 heterocycles. The van der Waals surface area contributed by atoms with E-state index in [-0.39, 0.29) is 23.1 Å². The number of pyridine rings is 1. The molecule has 0 spiro atoms. The first-order chi connectivity index (χ1) is 20.6. The topological polar surface area (TPSA) is 81.6 Å². The summed E-state index contributed by atoms with van der Waals surface area (Å²) in [6, 6.07) is 12.0. The molecule has 8 nitrogen and oxygen atoms in total. The molecular formula is C31H36F3N5O3S. The van der Waals surface area contributed by atoms with Gasteiger partial charge in [0.25, 0.3) is 5.88 Å². The molecule has 0 bridgehead atoms. The summed E-state index contributed by atoms with van der Waals surface area (Å²) in [5, 5.41) is 4.32. The maximum atomic E-state index is 13.1. The second-order valence-corrected chi connectivity index (χ2v) is 11.8. The first-order valence-corrected chi connectivity index (χ1v) is 15.0. The van der Waals surface area contributed by atoms with E-state index in [9.17, 15) is 13.2 Å². The summed E-state index contributed by atoms with van der Waals surface area (Å²) in [5.41, 5.74) is 3.10. The first-order valence-electron chi connectivity index (χ1n) is 14.1. The van der Waals surface area contributed by atoms with Crippen molar-refractivity contribution in [2.45, 2.75) is 63.5 Å². The molecule has 1 saturated carbocycles. The molecular weight excluding hydrogens is 579 g/mol. The number of alkyl halides is 3. The van der Waals surface area contributed by atoms with Crippen molar-refractivity contribution in [1.29, 1.82) is 0 Å². The molecule has 0 unspecified atom stereocenters. The number of likely N-dealkylation sites (N-methyl/N-ethyl adjacent to an activating group) is 1. The highest BCUT2D eigenvalue weighted by Crippen LogP contribution is 2.37. The highest BCUT2D eigenvalue weighted by molar-refractivity contribution is 7.18. The maximum absolute atomic E-state index is 13.1. The molecule has 4 aromatic rings. The van der Waals surface area contributed by atoms with E-state index in [0.717, 1.165) is 40.9 Å². The van der Waals surface area contributed by atoms with E-state index in [1.807, 2.05) is 20.0 Å². The summed E-state index contributed by atoms with van der Waals surface area (Å²) in [7, 11) is 6.80. The van der Waals surface area contributed by atoms with Gasteiger partial charge in [0.15, 0.2) is 5.75 Å². The van der Waals surface area contributed by atoms with E-state index >= 15 is 0 Å². The van der Waals surface area contributed by atoms with Crippen LogP contribution in [0.15, 0.2) is 42.6 Å². The third-order valence-electron chi connectivity index (χ3n) is 7.88. The number of fused-ring (bicyclic) bond motifs is 1. The summed E-state index contributed by atoms with van der Waals surface area (Å²) >= 11 is 1.09. The maximum Gasteiger partial charge on any atom is 0.393 e. The van der Waals surface area contributed by atoms with Crippen LogP contribution in [-0.4, -0.2) is 67.7 Å². The Morgan fingerprint density at radius 2 is 1.79 bits per heavy atom. The lowest BCUT2D eigenvalue weighted by Gasteiger charge is -2.30. The Bertz CT molecular complexity index is 1550. The average Bonchev–Trinajstić information content (AvgIpc) is 3.61. The summed E-state index contributed by atoms with van der Waals surface area (Å²) in [6.07, 6.45) is -1.36. The van der Waals surface area contributed by atoms with Crippen molar-refractivity contribution in [3.63, 3.8) is 0 Å². The fourth-order valence-corrected chi connectivity index (χ4v) is 6.71. The van der Waals surface area contributed by atoms with Crippen LogP contribution >= 0.6 is 11.3 Å². The van der Waals surface area contributed by atoms with Gasteiger partial charge >= 0.3 is 6.18 Å². The van der Waals surface area contributed by atoms with Crippen LogP contribution in [-0.2, 0) is 24.1 Å². The van der Waals surface area contributed by atoms with Gasteiger partial charge in [0.05, 0.1) is 38.2 Å². The normalized spacial score (nSPS) is 18.7. The van der Waals surface area contributed by atoms with E-state index in [1.165, 1.54) is 0 Å². The van der Waals surface area contributed by atoms with Gasteiger partial charge in [0.2, 0.25) is 0 Å². The molecule has 0 amide bonds. The number of benzene rings is 1. The largest absolute Gasteiger partial charge is 0.491 e. The predicted molar refractivity (Wildman–Crippen MR) is 162 cm³/mol. The van der Waals surface area contributed by atoms with Gasteiger partial charge in [-0.3, -0.25) is 0 Å². The molecule has 43 heavy (non-hydrogen) atoms. The van der Waals surface area contributed by atoms with Gasteiger partial charge in [-0.15, -0.1) is 11.3 Å². The number of hydrogen-bond acceptors (Lipinski definition) is 9. The number of ether oxygens (including phenoxy) is 3. The molecule has 3 aromatic heterocycles. The predicted octanol–water partition coefficient (Wildman–Crippen LogP) is 6.21. The number of aromatic nitrogens is 3. The van der Waals surface area contributed by atoms with Gasteiger partial charge in [0.1, 0.15) is 16.5 Å². The number of aryl methyl sites for hydroxylation is 1. The second kappa shape index (κ2) is 13.0. The van der Waals surface area contributed by atoms with Gasteiger partial charge in [-0.05, 0) is 36.1 Å². The van der Waals surface area contributed by atoms with Crippen LogP contribution in [0.1, 0.15) is 36.0 Å². The quantitative estimate of drug-likeness (QED) is 0.213. The number of halogens is 3. The zero-order chi connectivity index (χ0) is 30.7. The number of nitrogens with one attached hydrogen (secondary N) is 1. The lowest BCUT2D eigenvalue weighted by Crippen LogP contribution is -2.39. The minimum atomic E-state index is -4.28. The number of rotatable bonds is 11. The van der Waals surface area contributed by atoms with Gasteiger partial charge in [0, 0.05) is 49.8 Å². The van der Waals surface area contributed by atoms with E-state index in [2.05, 4.69) is 44.5 Å². The molecule has 1 aliphatic carbocycles. The average molecular weight is 616 g/mol. The minimum Gasteiger partial charge on any atom is -0.491 e. The van der Waals surface area contributed by atoms with Crippen molar-refractivity contribution in [1.82, 2.24) is 20.3 Å². The van der Waals surface area contributed by atoms with Crippen molar-refractivity contribution < 1.29 is 27.4 Å². The van der Waals surface area contributed by atoms with Crippen LogP contribution in [0.25, 0.3) is 21.3 Å². The Labute approximate surface area is 253 Å². The fourth-order valence-electron chi connectivity index (χ4n) is 5.64. The van der Waals surface area contributed by atoms with Gasteiger partial charge < -0.3 is 24.4 Å². The van der Waals surface area contributed by atoms with E-state index in [4.69, 9.17) is 19.2 Å². The molecule has 5 rings (SSSR count). The number of anilines is 1. The van der Waals surface area contributed by atoms with Crippen molar-refractivity contribution in [2.75, 3.05) is 33.3 Å².